The van der Waals surface area contributed by atoms with E-state index in [1.807, 2.05) is 6.07 Å². The van der Waals surface area contributed by atoms with Crippen LogP contribution in [0.4, 0.5) is 20.2 Å². The van der Waals surface area contributed by atoms with Crippen LogP contribution in [-0.4, -0.2) is 36.0 Å². The van der Waals surface area contributed by atoms with Crippen molar-refractivity contribution >= 4 is 43.9 Å². The Morgan fingerprint density at radius 2 is 1.95 bits per heavy atom. The highest BCUT2D eigenvalue weighted by Gasteiger charge is 2.28. The number of benzene rings is 2. The Morgan fingerprint density at radius 1 is 1.21 bits per heavy atom. The second-order valence-electron chi connectivity index (χ2n) is 8.57. The molecule has 0 saturated carbocycles. The number of nitrogens with zero attached hydrogens (tertiary/aromatic N) is 2. The SMILES string of the molecule is C=CN=C(Nc1ccc2cn[nH]c2c1)C(=C(C)C)/C(=C\C)C(=O)c1c(F)ccc(NS(=O)(=O)CCC)c1F. The predicted octanol–water partition coefficient (Wildman–Crippen LogP) is 6.11. The van der Waals surface area contributed by atoms with Crippen LogP contribution in [0, 0.1) is 11.6 Å². The largest absolute Gasteiger partial charge is 0.340 e. The highest BCUT2D eigenvalue weighted by molar-refractivity contribution is 7.92. The number of hydrogen-bond acceptors (Lipinski definition) is 5. The Labute approximate surface area is 220 Å². The number of carbonyl (C=O) groups is 1. The molecule has 8 nitrogen and oxygen atoms in total. The first-order valence-electron chi connectivity index (χ1n) is 11.8. The summed E-state index contributed by atoms with van der Waals surface area (Å²) < 4.78 is 56.8. The Morgan fingerprint density at radius 3 is 2.58 bits per heavy atom. The molecule has 0 aliphatic carbocycles. The summed E-state index contributed by atoms with van der Waals surface area (Å²) in [4.78, 5) is 17.9. The van der Waals surface area contributed by atoms with Crippen LogP contribution in [0.25, 0.3) is 10.9 Å². The van der Waals surface area contributed by atoms with E-state index < -0.39 is 38.7 Å². The maximum Gasteiger partial charge on any atom is 0.232 e. The summed E-state index contributed by atoms with van der Waals surface area (Å²) in [5, 5.41) is 10.9. The minimum atomic E-state index is -3.88. The summed E-state index contributed by atoms with van der Waals surface area (Å²) in [6, 6.07) is 7.23. The summed E-state index contributed by atoms with van der Waals surface area (Å²) in [7, 11) is -3.88. The number of Topliss-reactive ketones (excluding diaryl/α,β-unsaturated/α-hetero) is 1. The van der Waals surface area contributed by atoms with Crippen molar-refractivity contribution < 1.29 is 22.0 Å². The van der Waals surface area contributed by atoms with E-state index >= 15 is 4.39 Å². The fraction of sp³-hybridized carbons (Fsp3) is 0.222. The maximum atomic E-state index is 15.4. The van der Waals surface area contributed by atoms with Crippen molar-refractivity contribution in [2.75, 3.05) is 15.8 Å². The summed E-state index contributed by atoms with van der Waals surface area (Å²) in [6.07, 6.45) is 4.68. The summed E-state index contributed by atoms with van der Waals surface area (Å²) in [6.45, 7) is 10.3. The standard InChI is InChI=1S/C27H29F2N5O3S/c1-6-13-38(36,37)34-21-12-11-20(28)24(25(21)29)26(35)19(7-2)23(16(4)5)27(30-8-3)32-18-10-9-17-15-31-33-22(17)14-18/h7-12,14-15,34H,3,6,13H2,1-2,4-5H3,(H,30,32)(H,31,33)/b19-7+. The quantitative estimate of drug-likeness (QED) is 0.0941. The summed E-state index contributed by atoms with van der Waals surface area (Å²) in [5.74, 6) is -3.44. The molecule has 3 N–H and O–H groups in total. The van der Waals surface area contributed by atoms with Gasteiger partial charge in [0.2, 0.25) is 10.0 Å². The topological polar surface area (TPSA) is 116 Å². The Bertz CT molecular complexity index is 1580. The summed E-state index contributed by atoms with van der Waals surface area (Å²) >= 11 is 0. The van der Waals surface area contributed by atoms with Crippen molar-refractivity contribution in [2.45, 2.75) is 34.1 Å². The molecule has 0 aliphatic rings. The zero-order chi connectivity index (χ0) is 28.0. The molecular formula is C27H29F2N5O3S. The van der Waals surface area contributed by atoms with E-state index in [0.717, 1.165) is 23.0 Å². The first kappa shape index (κ1) is 28.5. The van der Waals surface area contributed by atoms with Crippen molar-refractivity contribution in [2.24, 2.45) is 4.99 Å². The molecule has 0 aliphatic heterocycles. The lowest BCUT2D eigenvalue weighted by molar-refractivity contribution is 0.102. The highest BCUT2D eigenvalue weighted by Crippen LogP contribution is 2.29. The number of aliphatic imine (C=N–C) groups is 1. The minimum absolute atomic E-state index is 0.0351. The zero-order valence-electron chi connectivity index (χ0n) is 21.5. The molecule has 3 aromatic rings. The first-order valence-corrected chi connectivity index (χ1v) is 13.4. The second kappa shape index (κ2) is 12.0. The minimum Gasteiger partial charge on any atom is -0.340 e. The third kappa shape index (κ3) is 6.23. The van der Waals surface area contributed by atoms with Crippen LogP contribution in [0.3, 0.4) is 0 Å². The van der Waals surface area contributed by atoms with Crippen LogP contribution in [0.2, 0.25) is 0 Å². The Kier molecular flexibility index (Phi) is 8.95. The molecule has 0 unspecified atom stereocenters. The van der Waals surface area contributed by atoms with Crippen molar-refractivity contribution in [3.8, 4) is 0 Å². The number of H-pyrrole nitrogens is 1. The van der Waals surface area contributed by atoms with Crippen molar-refractivity contribution in [1.29, 1.82) is 0 Å². The van der Waals surface area contributed by atoms with E-state index in [9.17, 15) is 17.6 Å². The number of aromatic nitrogens is 2. The van der Waals surface area contributed by atoms with Gasteiger partial charge in [-0.2, -0.15) is 5.10 Å². The van der Waals surface area contributed by atoms with E-state index in [-0.39, 0.29) is 17.2 Å². The Hall–Kier alpha value is -4.12. The number of carbonyl (C=O) groups excluding carboxylic acids is 1. The number of fused-ring (bicyclic) bond motifs is 1. The van der Waals surface area contributed by atoms with E-state index in [4.69, 9.17) is 0 Å². The molecule has 2 aromatic carbocycles. The molecule has 0 spiro atoms. The number of halogens is 2. The predicted molar refractivity (Wildman–Crippen MR) is 148 cm³/mol. The van der Waals surface area contributed by atoms with Gasteiger partial charge >= 0.3 is 0 Å². The average Bonchev–Trinajstić information content (AvgIpc) is 3.31. The molecule has 200 valence electrons. The third-order valence-electron chi connectivity index (χ3n) is 5.52. The number of amidine groups is 1. The smallest absolute Gasteiger partial charge is 0.232 e. The number of hydrogen-bond donors (Lipinski definition) is 3. The van der Waals surface area contributed by atoms with Gasteiger partial charge in [0.05, 0.1) is 28.7 Å². The van der Waals surface area contributed by atoms with Gasteiger partial charge in [-0.25, -0.2) is 22.2 Å². The fourth-order valence-corrected chi connectivity index (χ4v) is 5.02. The van der Waals surface area contributed by atoms with Gasteiger partial charge in [-0.15, -0.1) is 0 Å². The van der Waals surface area contributed by atoms with Crippen LogP contribution in [-0.2, 0) is 10.0 Å². The summed E-state index contributed by atoms with van der Waals surface area (Å²) in [5.41, 5.74) is 0.885. The normalized spacial score (nSPS) is 12.4. The lowest BCUT2D eigenvalue weighted by atomic mass is 9.91. The molecule has 11 heteroatoms. The highest BCUT2D eigenvalue weighted by atomic mass is 32.2. The fourth-order valence-electron chi connectivity index (χ4n) is 3.89. The zero-order valence-corrected chi connectivity index (χ0v) is 22.3. The van der Waals surface area contributed by atoms with Crippen molar-refractivity contribution in [3.05, 3.63) is 89.3 Å². The third-order valence-corrected chi connectivity index (χ3v) is 7.00. The van der Waals surface area contributed by atoms with Gasteiger partial charge in [-0.3, -0.25) is 14.6 Å². The molecular weight excluding hydrogens is 512 g/mol. The molecule has 0 bridgehead atoms. The van der Waals surface area contributed by atoms with E-state index in [1.165, 1.54) is 12.3 Å². The molecule has 1 heterocycles. The van der Waals surface area contributed by atoms with Gasteiger partial charge in [0.25, 0.3) is 0 Å². The van der Waals surface area contributed by atoms with Gasteiger partial charge in [0, 0.05) is 28.4 Å². The maximum absolute atomic E-state index is 15.4. The molecule has 0 atom stereocenters. The van der Waals surface area contributed by atoms with Crippen molar-refractivity contribution in [1.82, 2.24) is 10.2 Å². The average molecular weight is 542 g/mol. The van der Waals surface area contributed by atoms with Crippen LogP contribution < -0.4 is 10.0 Å². The van der Waals surface area contributed by atoms with E-state index in [2.05, 4.69) is 31.8 Å². The molecule has 0 saturated heterocycles. The van der Waals surface area contributed by atoms with E-state index in [0.29, 0.717) is 23.3 Å². The lowest BCUT2D eigenvalue weighted by Crippen LogP contribution is -2.23. The van der Waals surface area contributed by atoms with Crippen LogP contribution >= 0.6 is 0 Å². The van der Waals surface area contributed by atoms with Crippen LogP contribution in [0.1, 0.15) is 44.5 Å². The van der Waals surface area contributed by atoms with Gasteiger partial charge in [0.15, 0.2) is 11.6 Å². The second-order valence-corrected chi connectivity index (χ2v) is 10.4. The number of anilines is 2. The van der Waals surface area contributed by atoms with Crippen LogP contribution in [0.5, 0.6) is 0 Å². The number of rotatable bonds is 10. The van der Waals surface area contributed by atoms with Gasteiger partial charge in [-0.1, -0.05) is 25.2 Å². The van der Waals surface area contributed by atoms with Gasteiger partial charge in [-0.05, 0) is 57.5 Å². The first-order chi connectivity index (χ1) is 18.0. The lowest BCUT2D eigenvalue weighted by Gasteiger charge is -2.19. The molecule has 0 amide bonds. The molecule has 1 aromatic heterocycles. The monoisotopic (exact) mass is 541 g/mol. The van der Waals surface area contributed by atoms with Gasteiger partial charge < -0.3 is 5.32 Å². The molecule has 0 fully saturated rings. The molecule has 38 heavy (non-hydrogen) atoms. The number of allylic oxidation sites excluding steroid dienone is 2. The van der Waals surface area contributed by atoms with Crippen LogP contribution in [0.15, 0.2) is 77.1 Å². The molecule has 3 rings (SSSR count). The number of ketones is 1. The van der Waals surface area contributed by atoms with Gasteiger partial charge in [0.1, 0.15) is 11.7 Å². The van der Waals surface area contributed by atoms with Crippen molar-refractivity contribution in [3.63, 3.8) is 0 Å². The molecule has 0 radical (unpaired) electrons. The van der Waals surface area contributed by atoms with E-state index in [1.54, 1.807) is 46.0 Å². The number of aromatic amines is 1. The number of sulfonamides is 1. The number of nitrogens with one attached hydrogen (secondary N) is 3. The Balaban J connectivity index is 2.06.